The molecule has 0 aliphatic carbocycles. The number of anilines is 1. The van der Waals surface area contributed by atoms with Gasteiger partial charge >= 0.3 is 0 Å². The fourth-order valence-corrected chi connectivity index (χ4v) is 2.00. The van der Waals surface area contributed by atoms with Gasteiger partial charge in [-0.1, -0.05) is 6.42 Å². The SMILES string of the molecule is CSCCCCCNc1ccc2nnnn2n1. The van der Waals surface area contributed by atoms with Gasteiger partial charge in [0.05, 0.1) is 0 Å². The highest BCUT2D eigenvalue weighted by atomic mass is 32.2. The maximum Gasteiger partial charge on any atom is 0.200 e. The van der Waals surface area contributed by atoms with E-state index in [2.05, 4.69) is 32.2 Å². The van der Waals surface area contributed by atoms with Crippen LogP contribution in [0.15, 0.2) is 12.1 Å². The zero-order chi connectivity index (χ0) is 11.9. The van der Waals surface area contributed by atoms with Crippen molar-refractivity contribution < 1.29 is 0 Å². The second-order valence-electron chi connectivity index (χ2n) is 3.73. The molecule has 17 heavy (non-hydrogen) atoms. The predicted molar refractivity (Wildman–Crippen MR) is 69.3 cm³/mol. The second kappa shape index (κ2) is 6.39. The van der Waals surface area contributed by atoms with Crippen LogP contribution in [0, 0.1) is 0 Å². The first kappa shape index (κ1) is 12.1. The molecule has 2 heterocycles. The van der Waals surface area contributed by atoms with Gasteiger partial charge < -0.3 is 5.32 Å². The van der Waals surface area contributed by atoms with Crippen molar-refractivity contribution in [3.63, 3.8) is 0 Å². The Labute approximate surface area is 104 Å². The van der Waals surface area contributed by atoms with E-state index >= 15 is 0 Å². The molecule has 0 bridgehead atoms. The minimum Gasteiger partial charge on any atom is -0.369 e. The van der Waals surface area contributed by atoms with Crippen molar-refractivity contribution in [2.75, 3.05) is 23.9 Å². The van der Waals surface area contributed by atoms with Crippen molar-refractivity contribution >= 4 is 23.2 Å². The smallest absolute Gasteiger partial charge is 0.200 e. The average molecular weight is 252 g/mol. The van der Waals surface area contributed by atoms with Crippen LogP contribution in [0.25, 0.3) is 5.65 Å². The number of hydrogen-bond donors (Lipinski definition) is 1. The number of tetrazole rings is 1. The Morgan fingerprint density at radius 1 is 1.29 bits per heavy atom. The third-order valence-corrected chi connectivity index (χ3v) is 3.10. The summed E-state index contributed by atoms with van der Waals surface area (Å²) in [6.45, 7) is 0.939. The molecule has 6 nitrogen and oxygen atoms in total. The van der Waals surface area contributed by atoms with Gasteiger partial charge in [0.2, 0.25) is 0 Å². The normalized spacial score (nSPS) is 10.9. The third kappa shape index (κ3) is 3.55. The van der Waals surface area contributed by atoms with Crippen molar-refractivity contribution in [2.45, 2.75) is 19.3 Å². The molecule has 92 valence electrons. The number of fused-ring (bicyclic) bond motifs is 1. The first-order chi connectivity index (χ1) is 8.40. The zero-order valence-corrected chi connectivity index (χ0v) is 10.7. The van der Waals surface area contributed by atoms with E-state index in [0.717, 1.165) is 18.8 Å². The summed E-state index contributed by atoms with van der Waals surface area (Å²) in [6, 6.07) is 3.75. The Morgan fingerprint density at radius 3 is 3.12 bits per heavy atom. The molecule has 0 amide bonds. The fourth-order valence-electron chi connectivity index (χ4n) is 1.51. The number of thioether (sulfide) groups is 1. The molecule has 0 fully saturated rings. The lowest BCUT2D eigenvalue weighted by Gasteiger charge is -2.04. The molecule has 0 saturated heterocycles. The standard InChI is InChI=1S/C10H16N6S/c1-17-8-4-2-3-7-11-9-5-6-10-12-14-15-16(10)13-9/h5-6H,2-4,7-8H2,1H3,(H,11,13). The molecule has 0 radical (unpaired) electrons. The van der Waals surface area contributed by atoms with Crippen LogP contribution in [0.2, 0.25) is 0 Å². The van der Waals surface area contributed by atoms with E-state index in [0.29, 0.717) is 5.65 Å². The van der Waals surface area contributed by atoms with Crippen molar-refractivity contribution in [3.8, 4) is 0 Å². The third-order valence-electron chi connectivity index (χ3n) is 2.40. The molecular formula is C10H16N6S. The van der Waals surface area contributed by atoms with Gasteiger partial charge in [0.1, 0.15) is 5.82 Å². The Bertz CT molecular complexity index is 457. The predicted octanol–water partition coefficient (Wildman–Crippen LogP) is 1.46. The van der Waals surface area contributed by atoms with Crippen LogP contribution in [0.3, 0.4) is 0 Å². The van der Waals surface area contributed by atoms with Gasteiger partial charge in [0.25, 0.3) is 0 Å². The van der Waals surface area contributed by atoms with Crippen LogP contribution >= 0.6 is 11.8 Å². The van der Waals surface area contributed by atoms with Crippen LogP contribution < -0.4 is 5.32 Å². The van der Waals surface area contributed by atoms with E-state index in [1.165, 1.54) is 23.2 Å². The molecule has 2 aromatic rings. The first-order valence-electron chi connectivity index (χ1n) is 5.68. The van der Waals surface area contributed by atoms with Gasteiger partial charge in [0.15, 0.2) is 5.65 Å². The van der Waals surface area contributed by atoms with E-state index in [-0.39, 0.29) is 0 Å². The Morgan fingerprint density at radius 2 is 2.24 bits per heavy atom. The van der Waals surface area contributed by atoms with Crippen molar-refractivity contribution in [1.29, 1.82) is 0 Å². The maximum atomic E-state index is 4.23. The highest BCUT2D eigenvalue weighted by molar-refractivity contribution is 7.98. The Kier molecular flexibility index (Phi) is 4.54. The van der Waals surface area contributed by atoms with Gasteiger partial charge in [-0.25, -0.2) is 0 Å². The quantitative estimate of drug-likeness (QED) is 0.753. The highest BCUT2D eigenvalue weighted by Crippen LogP contribution is 2.05. The summed E-state index contributed by atoms with van der Waals surface area (Å²) in [6.07, 6.45) is 5.84. The first-order valence-corrected chi connectivity index (χ1v) is 7.08. The number of rotatable bonds is 7. The van der Waals surface area contributed by atoms with E-state index in [1.54, 1.807) is 0 Å². The molecule has 0 aromatic carbocycles. The number of nitrogens with one attached hydrogen (secondary N) is 1. The van der Waals surface area contributed by atoms with E-state index in [9.17, 15) is 0 Å². The topological polar surface area (TPSA) is 68.0 Å². The van der Waals surface area contributed by atoms with Crippen LogP contribution in [-0.4, -0.2) is 43.8 Å². The van der Waals surface area contributed by atoms with Gasteiger partial charge in [-0.3, -0.25) is 0 Å². The lowest BCUT2D eigenvalue weighted by Crippen LogP contribution is -2.06. The van der Waals surface area contributed by atoms with Crippen LogP contribution in [0.1, 0.15) is 19.3 Å². The molecule has 0 saturated carbocycles. The number of nitrogens with zero attached hydrogens (tertiary/aromatic N) is 5. The molecule has 0 unspecified atom stereocenters. The number of aromatic nitrogens is 5. The fraction of sp³-hybridized carbons (Fsp3) is 0.600. The summed E-state index contributed by atoms with van der Waals surface area (Å²) in [5.74, 6) is 2.06. The second-order valence-corrected chi connectivity index (χ2v) is 4.71. The summed E-state index contributed by atoms with van der Waals surface area (Å²) in [7, 11) is 0. The molecular weight excluding hydrogens is 236 g/mol. The van der Waals surface area contributed by atoms with Gasteiger partial charge in [-0.15, -0.1) is 14.8 Å². The Hall–Kier alpha value is -1.37. The van der Waals surface area contributed by atoms with Gasteiger partial charge in [-0.05, 0) is 47.4 Å². The molecule has 1 N–H and O–H groups in total. The lowest BCUT2D eigenvalue weighted by atomic mass is 10.2. The molecule has 0 aliphatic heterocycles. The molecule has 7 heteroatoms. The largest absolute Gasteiger partial charge is 0.369 e. The van der Waals surface area contributed by atoms with E-state index in [1.807, 2.05) is 23.9 Å². The average Bonchev–Trinajstić information content (AvgIpc) is 2.81. The minimum atomic E-state index is 0.663. The summed E-state index contributed by atoms with van der Waals surface area (Å²) >= 11 is 1.90. The van der Waals surface area contributed by atoms with Crippen LogP contribution in [0.5, 0.6) is 0 Å². The van der Waals surface area contributed by atoms with E-state index in [4.69, 9.17) is 0 Å². The highest BCUT2D eigenvalue weighted by Gasteiger charge is 1.99. The number of unbranched alkanes of at least 4 members (excludes halogenated alkanes) is 2. The van der Waals surface area contributed by atoms with Crippen molar-refractivity contribution in [1.82, 2.24) is 25.3 Å². The molecule has 0 spiro atoms. The summed E-state index contributed by atoms with van der Waals surface area (Å²) in [5.41, 5.74) is 0.663. The van der Waals surface area contributed by atoms with Gasteiger partial charge in [-0.2, -0.15) is 11.8 Å². The van der Waals surface area contributed by atoms with Gasteiger partial charge in [0, 0.05) is 6.54 Å². The number of hydrogen-bond acceptors (Lipinski definition) is 6. The summed E-state index contributed by atoms with van der Waals surface area (Å²) in [4.78, 5) is 0. The van der Waals surface area contributed by atoms with Crippen molar-refractivity contribution in [3.05, 3.63) is 12.1 Å². The lowest BCUT2D eigenvalue weighted by molar-refractivity contribution is 0.722. The van der Waals surface area contributed by atoms with E-state index < -0.39 is 0 Å². The van der Waals surface area contributed by atoms with Crippen molar-refractivity contribution in [2.24, 2.45) is 0 Å². The minimum absolute atomic E-state index is 0.663. The van der Waals surface area contributed by atoms with Crippen LogP contribution in [0.4, 0.5) is 5.82 Å². The maximum absolute atomic E-state index is 4.23. The molecule has 2 aromatic heterocycles. The molecule has 0 atom stereocenters. The summed E-state index contributed by atoms with van der Waals surface area (Å²) < 4.78 is 1.43. The zero-order valence-electron chi connectivity index (χ0n) is 9.83. The Balaban J connectivity index is 1.75. The van der Waals surface area contributed by atoms with Crippen LogP contribution in [-0.2, 0) is 0 Å². The monoisotopic (exact) mass is 252 g/mol. The summed E-state index contributed by atoms with van der Waals surface area (Å²) in [5, 5.41) is 18.6. The molecule has 2 rings (SSSR count). The molecule has 0 aliphatic rings.